The minimum Gasteiger partial charge on any atom is -0.480 e. The van der Waals surface area contributed by atoms with Crippen LogP contribution in [0.5, 0.6) is 11.5 Å². The van der Waals surface area contributed by atoms with Crippen molar-refractivity contribution in [3.05, 3.63) is 88.7 Å². The quantitative estimate of drug-likeness (QED) is 0.286. The summed E-state index contributed by atoms with van der Waals surface area (Å²) >= 11 is 6.01. The van der Waals surface area contributed by atoms with E-state index in [1.807, 2.05) is 30.3 Å². The fourth-order valence-corrected chi connectivity index (χ4v) is 5.87. The number of pyridine rings is 1. The van der Waals surface area contributed by atoms with Gasteiger partial charge in [0.05, 0.1) is 0 Å². The standard InChI is InChI=1S/C34H37ClN2O4/c1-34(2,3)24-11-16-26(17-12-24)41-27-15-10-23-19-30(36-29(28(23)20-27)18-21-6-4-5-7-21)32(38)37-31(33(39)40)22-8-13-25(35)14-9-22/h8,10-17,19-22,31H,4-7,9,18H2,1-3H3,(H,37,38)(H,39,40)/t22?,31-/m0/s1. The van der Waals surface area contributed by atoms with Gasteiger partial charge in [0.15, 0.2) is 0 Å². The van der Waals surface area contributed by atoms with Crippen LogP contribution in [0.3, 0.4) is 0 Å². The van der Waals surface area contributed by atoms with Crippen molar-refractivity contribution in [1.29, 1.82) is 0 Å². The van der Waals surface area contributed by atoms with Gasteiger partial charge in [0.25, 0.3) is 5.91 Å². The molecule has 41 heavy (non-hydrogen) atoms. The van der Waals surface area contributed by atoms with Crippen molar-refractivity contribution in [2.45, 2.75) is 70.8 Å². The largest absolute Gasteiger partial charge is 0.480 e. The zero-order valence-electron chi connectivity index (χ0n) is 23.8. The van der Waals surface area contributed by atoms with Crippen molar-refractivity contribution in [1.82, 2.24) is 10.3 Å². The van der Waals surface area contributed by atoms with Crippen LogP contribution in [0.15, 0.2) is 71.8 Å². The highest BCUT2D eigenvalue weighted by Gasteiger charge is 2.30. The lowest BCUT2D eigenvalue weighted by Crippen LogP contribution is -2.45. The van der Waals surface area contributed by atoms with E-state index in [9.17, 15) is 14.7 Å². The second-order valence-electron chi connectivity index (χ2n) is 12.2. The third kappa shape index (κ3) is 6.99. The molecule has 1 heterocycles. The summed E-state index contributed by atoms with van der Waals surface area (Å²) in [5, 5.41) is 15.0. The molecular formula is C34H37ClN2O4. The zero-order chi connectivity index (χ0) is 29.1. The van der Waals surface area contributed by atoms with E-state index in [1.54, 1.807) is 24.3 Å². The number of hydrogen-bond acceptors (Lipinski definition) is 4. The highest BCUT2D eigenvalue weighted by atomic mass is 35.5. The normalized spacial score (nSPS) is 18.2. The lowest BCUT2D eigenvalue weighted by Gasteiger charge is -2.23. The van der Waals surface area contributed by atoms with Gasteiger partial charge in [-0.1, -0.05) is 88.4 Å². The Balaban J connectivity index is 1.43. The number of benzene rings is 2. The SMILES string of the molecule is CC(C)(C)c1ccc(Oc2ccc3cc(C(=O)N[C@H](C(=O)O)C4C=CC(Cl)=CC4)nc(CC4CCCC4)c3c2)cc1. The molecule has 2 N–H and O–H groups in total. The number of allylic oxidation sites excluding steroid dienone is 3. The van der Waals surface area contributed by atoms with E-state index < -0.39 is 23.8 Å². The summed E-state index contributed by atoms with van der Waals surface area (Å²) in [7, 11) is 0. The Kier molecular flexibility index (Phi) is 8.50. The van der Waals surface area contributed by atoms with Crippen LogP contribution in [0.4, 0.5) is 0 Å². The summed E-state index contributed by atoms with van der Waals surface area (Å²) in [5.74, 6) is -0.0200. The number of carboxylic acids is 1. The van der Waals surface area contributed by atoms with E-state index in [1.165, 1.54) is 18.4 Å². The minimum absolute atomic E-state index is 0.0641. The second-order valence-corrected chi connectivity index (χ2v) is 12.6. The molecule has 2 aromatic carbocycles. The predicted molar refractivity (Wildman–Crippen MR) is 163 cm³/mol. The van der Waals surface area contributed by atoms with Gasteiger partial charge < -0.3 is 15.2 Å². The molecule has 1 amide bonds. The predicted octanol–water partition coefficient (Wildman–Crippen LogP) is 7.94. The summed E-state index contributed by atoms with van der Waals surface area (Å²) in [4.78, 5) is 30.3. The molecule has 2 aliphatic rings. The summed E-state index contributed by atoms with van der Waals surface area (Å²) in [6.45, 7) is 6.55. The van der Waals surface area contributed by atoms with Gasteiger partial charge in [-0.3, -0.25) is 4.79 Å². The molecule has 6 nitrogen and oxygen atoms in total. The average Bonchev–Trinajstić information content (AvgIpc) is 3.45. The summed E-state index contributed by atoms with van der Waals surface area (Å²) in [5.41, 5.74) is 2.36. The van der Waals surface area contributed by atoms with Gasteiger partial charge in [-0.2, -0.15) is 0 Å². The number of hydrogen-bond donors (Lipinski definition) is 2. The number of nitrogens with zero attached hydrogens (tertiary/aromatic N) is 1. The fourth-order valence-electron chi connectivity index (χ4n) is 5.70. The maximum absolute atomic E-state index is 13.4. The van der Waals surface area contributed by atoms with Gasteiger partial charge in [0.1, 0.15) is 23.2 Å². The lowest BCUT2D eigenvalue weighted by molar-refractivity contribution is -0.140. The number of aromatic nitrogens is 1. The Morgan fingerprint density at radius 3 is 2.41 bits per heavy atom. The molecule has 5 rings (SSSR count). The van der Waals surface area contributed by atoms with Crippen LogP contribution in [-0.2, 0) is 16.6 Å². The van der Waals surface area contributed by atoms with Crippen LogP contribution >= 0.6 is 11.6 Å². The third-order valence-corrected chi connectivity index (χ3v) is 8.38. The Morgan fingerprint density at radius 2 is 1.78 bits per heavy atom. The summed E-state index contributed by atoms with van der Waals surface area (Å²) in [6, 6.07) is 14.6. The number of nitrogens with one attached hydrogen (secondary N) is 1. The topological polar surface area (TPSA) is 88.5 Å². The highest BCUT2D eigenvalue weighted by Crippen LogP contribution is 2.33. The molecule has 0 spiro atoms. The van der Waals surface area contributed by atoms with E-state index in [2.05, 4.69) is 38.2 Å². The molecule has 0 saturated heterocycles. The molecule has 1 aromatic heterocycles. The number of halogens is 1. The van der Waals surface area contributed by atoms with Gasteiger partial charge in [-0.05, 0) is 71.5 Å². The van der Waals surface area contributed by atoms with Gasteiger partial charge >= 0.3 is 5.97 Å². The molecule has 1 fully saturated rings. The highest BCUT2D eigenvalue weighted by molar-refractivity contribution is 6.31. The van der Waals surface area contributed by atoms with E-state index in [0.29, 0.717) is 23.1 Å². The van der Waals surface area contributed by atoms with Crippen molar-refractivity contribution in [2.24, 2.45) is 11.8 Å². The van der Waals surface area contributed by atoms with Gasteiger partial charge in [-0.25, -0.2) is 9.78 Å². The molecule has 2 aliphatic carbocycles. The Labute approximate surface area is 246 Å². The third-order valence-electron chi connectivity index (χ3n) is 8.10. The molecule has 0 aliphatic heterocycles. The Hall–Kier alpha value is -3.64. The first-order chi connectivity index (χ1) is 19.6. The average molecular weight is 573 g/mol. The molecule has 3 aromatic rings. The number of carbonyl (C=O) groups excluding carboxylic acids is 1. The second kappa shape index (κ2) is 12.1. The molecule has 2 atom stereocenters. The molecule has 0 radical (unpaired) electrons. The van der Waals surface area contributed by atoms with Crippen LogP contribution < -0.4 is 10.1 Å². The van der Waals surface area contributed by atoms with E-state index in [0.717, 1.165) is 41.5 Å². The number of carbonyl (C=O) groups is 2. The fraction of sp³-hybridized carbons (Fsp3) is 0.382. The summed E-state index contributed by atoms with van der Waals surface area (Å²) < 4.78 is 6.22. The number of ether oxygens (including phenoxy) is 1. The maximum atomic E-state index is 13.4. The lowest BCUT2D eigenvalue weighted by atomic mass is 9.87. The first kappa shape index (κ1) is 28.9. The van der Waals surface area contributed by atoms with Crippen molar-refractivity contribution >= 4 is 34.2 Å². The number of carboxylic acid groups (broad SMARTS) is 1. The Bertz CT molecular complexity index is 1500. The van der Waals surface area contributed by atoms with Gasteiger partial charge in [-0.15, -0.1) is 0 Å². The first-order valence-electron chi connectivity index (χ1n) is 14.4. The molecular weight excluding hydrogens is 536 g/mol. The minimum atomic E-state index is -1.09. The van der Waals surface area contributed by atoms with Crippen LogP contribution in [0.1, 0.15) is 74.6 Å². The van der Waals surface area contributed by atoms with Crippen LogP contribution in [-0.4, -0.2) is 28.0 Å². The monoisotopic (exact) mass is 572 g/mol. The molecule has 0 bridgehead atoms. The van der Waals surface area contributed by atoms with Crippen LogP contribution in [0.2, 0.25) is 0 Å². The molecule has 1 saturated carbocycles. The van der Waals surface area contributed by atoms with Crippen molar-refractivity contribution in [3.8, 4) is 11.5 Å². The maximum Gasteiger partial charge on any atom is 0.326 e. The van der Waals surface area contributed by atoms with Crippen molar-refractivity contribution < 1.29 is 19.4 Å². The van der Waals surface area contributed by atoms with Crippen LogP contribution in [0.25, 0.3) is 10.8 Å². The molecule has 1 unspecified atom stereocenters. The summed E-state index contributed by atoms with van der Waals surface area (Å²) in [6.07, 6.45) is 11.1. The van der Waals surface area contributed by atoms with Gasteiger partial charge in [0.2, 0.25) is 0 Å². The smallest absolute Gasteiger partial charge is 0.326 e. The first-order valence-corrected chi connectivity index (χ1v) is 14.7. The molecule has 214 valence electrons. The number of amides is 1. The number of fused-ring (bicyclic) bond motifs is 1. The van der Waals surface area contributed by atoms with Gasteiger partial charge in [0, 0.05) is 22.0 Å². The number of aliphatic carboxylic acids is 1. The van der Waals surface area contributed by atoms with E-state index >= 15 is 0 Å². The Morgan fingerprint density at radius 1 is 1.07 bits per heavy atom. The van der Waals surface area contributed by atoms with Crippen molar-refractivity contribution in [3.63, 3.8) is 0 Å². The van der Waals surface area contributed by atoms with Crippen LogP contribution in [0, 0.1) is 11.8 Å². The number of rotatable bonds is 8. The zero-order valence-corrected chi connectivity index (χ0v) is 24.6. The van der Waals surface area contributed by atoms with E-state index in [4.69, 9.17) is 21.3 Å². The van der Waals surface area contributed by atoms with E-state index in [-0.39, 0.29) is 11.1 Å². The molecule has 7 heteroatoms. The van der Waals surface area contributed by atoms with Crippen molar-refractivity contribution in [2.75, 3.05) is 0 Å².